The second-order valence-corrected chi connectivity index (χ2v) is 4.76. The smallest absolute Gasteiger partial charge is 0.124 e. The molecule has 0 radical (unpaired) electrons. The fraction of sp³-hybridized carbons (Fsp3) is 0.188. The molecule has 0 atom stereocenters. The van der Waals surface area contributed by atoms with Gasteiger partial charge in [-0.1, -0.05) is 18.2 Å². The number of para-hydroxylation sites is 1. The predicted molar refractivity (Wildman–Crippen MR) is 78.6 cm³/mol. The Bertz CT molecular complexity index is 676. The van der Waals surface area contributed by atoms with Crippen LogP contribution in [-0.4, -0.2) is 13.2 Å². The minimum atomic E-state index is 0.515. The van der Waals surface area contributed by atoms with Crippen LogP contribution < -0.4 is 15.4 Å². The maximum Gasteiger partial charge on any atom is 0.124 e. The molecule has 0 bridgehead atoms. The highest BCUT2D eigenvalue weighted by molar-refractivity contribution is 5.63. The Kier molecular flexibility index (Phi) is 3.18. The molecule has 0 amide bonds. The lowest BCUT2D eigenvalue weighted by Gasteiger charge is -2.22. The highest BCUT2D eigenvalue weighted by Gasteiger charge is 2.16. The Balaban J connectivity index is 1.94. The standard InChI is InChI=1S/C16H15N3O/c17-10-13-9-14(5-6-15(13)18)19-7-8-20-16-4-2-1-3-12(16)11-19/h1-6,9H,7-8,11,18H2. The quantitative estimate of drug-likeness (QED) is 0.805. The molecular weight excluding hydrogens is 250 g/mol. The summed E-state index contributed by atoms with van der Waals surface area (Å²) < 4.78 is 5.75. The molecule has 4 heteroatoms. The van der Waals surface area contributed by atoms with E-state index in [2.05, 4.69) is 17.0 Å². The van der Waals surface area contributed by atoms with Gasteiger partial charge in [-0.05, 0) is 24.3 Å². The van der Waals surface area contributed by atoms with Crippen molar-refractivity contribution in [1.82, 2.24) is 0 Å². The first-order valence-corrected chi connectivity index (χ1v) is 6.53. The van der Waals surface area contributed by atoms with Crippen LogP contribution in [0.1, 0.15) is 11.1 Å². The second-order valence-electron chi connectivity index (χ2n) is 4.76. The molecule has 0 aromatic heterocycles. The van der Waals surface area contributed by atoms with Crippen LogP contribution in [-0.2, 0) is 6.54 Å². The molecule has 0 unspecified atom stereocenters. The number of nitriles is 1. The van der Waals surface area contributed by atoms with Crippen molar-refractivity contribution < 1.29 is 4.74 Å². The number of nitrogen functional groups attached to an aromatic ring is 1. The van der Waals surface area contributed by atoms with Crippen molar-refractivity contribution in [2.75, 3.05) is 23.8 Å². The molecule has 2 aromatic rings. The monoisotopic (exact) mass is 265 g/mol. The van der Waals surface area contributed by atoms with Gasteiger partial charge in [0.25, 0.3) is 0 Å². The van der Waals surface area contributed by atoms with E-state index in [1.807, 2.05) is 30.3 Å². The highest BCUT2D eigenvalue weighted by Crippen LogP contribution is 2.27. The summed E-state index contributed by atoms with van der Waals surface area (Å²) in [6, 6.07) is 15.7. The Hall–Kier alpha value is -2.67. The second kappa shape index (κ2) is 5.14. The zero-order valence-electron chi connectivity index (χ0n) is 11.0. The van der Waals surface area contributed by atoms with Crippen LogP contribution in [0.5, 0.6) is 5.75 Å². The molecule has 0 spiro atoms. The highest BCUT2D eigenvalue weighted by atomic mass is 16.5. The van der Waals surface area contributed by atoms with E-state index in [4.69, 9.17) is 15.7 Å². The Labute approximate surface area is 118 Å². The third-order valence-electron chi connectivity index (χ3n) is 3.48. The molecule has 0 aliphatic carbocycles. The van der Waals surface area contributed by atoms with Crippen LogP contribution in [0.3, 0.4) is 0 Å². The number of hydrogen-bond acceptors (Lipinski definition) is 4. The van der Waals surface area contributed by atoms with E-state index in [0.29, 0.717) is 17.9 Å². The van der Waals surface area contributed by atoms with E-state index in [9.17, 15) is 0 Å². The maximum absolute atomic E-state index is 9.08. The summed E-state index contributed by atoms with van der Waals surface area (Å²) in [4.78, 5) is 2.20. The van der Waals surface area contributed by atoms with Crippen LogP contribution in [0.2, 0.25) is 0 Å². The van der Waals surface area contributed by atoms with Gasteiger partial charge in [-0.2, -0.15) is 5.26 Å². The lowest BCUT2D eigenvalue weighted by Crippen LogP contribution is -2.25. The lowest BCUT2D eigenvalue weighted by atomic mass is 10.1. The van der Waals surface area contributed by atoms with E-state index >= 15 is 0 Å². The third-order valence-corrected chi connectivity index (χ3v) is 3.48. The number of nitrogens with two attached hydrogens (primary N) is 1. The number of anilines is 2. The summed E-state index contributed by atoms with van der Waals surface area (Å²) in [7, 11) is 0. The minimum absolute atomic E-state index is 0.515. The molecule has 0 fully saturated rings. The van der Waals surface area contributed by atoms with Gasteiger partial charge < -0.3 is 15.4 Å². The van der Waals surface area contributed by atoms with E-state index < -0.39 is 0 Å². The van der Waals surface area contributed by atoms with Gasteiger partial charge in [0.05, 0.1) is 12.1 Å². The van der Waals surface area contributed by atoms with Crippen LogP contribution in [0, 0.1) is 11.3 Å². The molecule has 2 aromatic carbocycles. The fourth-order valence-electron chi connectivity index (χ4n) is 2.38. The SMILES string of the molecule is N#Cc1cc(N2CCOc3ccccc3C2)ccc1N. The number of benzene rings is 2. The Morgan fingerprint density at radius 2 is 2.05 bits per heavy atom. The van der Waals surface area contributed by atoms with Gasteiger partial charge in [-0.15, -0.1) is 0 Å². The van der Waals surface area contributed by atoms with Crippen molar-refractivity contribution in [3.63, 3.8) is 0 Å². The fourth-order valence-corrected chi connectivity index (χ4v) is 2.38. The minimum Gasteiger partial charge on any atom is -0.491 e. The van der Waals surface area contributed by atoms with Crippen molar-refractivity contribution in [3.8, 4) is 11.8 Å². The zero-order valence-corrected chi connectivity index (χ0v) is 11.0. The summed E-state index contributed by atoms with van der Waals surface area (Å²) >= 11 is 0. The molecule has 1 aliphatic rings. The summed E-state index contributed by atoms with van der Waals surface area (Å²) in [5, 5.41) is 9.08. The first-order chi connectivity index (χ1) is 9.78. The number of fused-ring (bicyclic) bond motifs is 1. The topological polar surface area (TPSA) is 62.3 Å². The van der Waals surface area contributed by atoms with Crippen LogP contribution in [0.15, 0.2) is 42.5 Å². The first kappa shape index (κ1) is 12.4. The van der Waals surface area contributed by atoms with Gasteiger partial charge in [0, 0.05) is 23.5 Å². The predicted octanol–water partition coefficient (Wildman–Crippen LogP) is 2.54. The van der Waals surface area contributed by atoms with Gasteiger partial charge in [0.1, 0.15) is 18.4 Å². The molecule has 4 nitrogen and oxygen atoms in total. The van der Waals surface area contributed by atoms with Gasteiger partial charge in [0.15, 0.2) is 0 Å². The number of rotatable bonds is 1. The van der Waals surface area contributed by atoms with E-state index in [-0.39, 0.29) is 0 Å². The average molecular weight is 265 g/mol. The van der Waals surface area contributed by atoms with Gasteiger partial charge in [-0.25, -0.2) is 0 Å². The summed E-state index contributed by atoms with van der Waals surface area (Å²) in [6.07, 6.45) is 0. The van der Waals surface area contributed by atoms with Crippen molar-refractivity contribution >= 4 is 11.4 Å². The molecule has 20 heavy (non-hydrogen) atoms. The largest absolute Gasteiger partial charge is 0.491 e. The Morgan fingerprint density at radius 3 is 2.90 bits per heavy atom. The molecule has 100 valence electrons. The summed E-state index contributed by atoms with van der Waals surface area (Å²) in [5.74, 6) is 0.936. The van der Waals surface area contributed by atoms with Crippen LogP contribution in [0.25, 0.3) is 0 Å². The first-order valence-electron chi connectivity index (χ1n) is 6.53. The third kappa shape index (κ3) is 2.26. The van der Waals surface area contributed by atoms with Crippen molar-refractivity contribution in [2.24, 2.45) is 0 Å². The van der Waals surface area contributed by atoms with Crippen molar-refractivity contribution in [2.45, 2.75) is 6.54 Å². The summed E-state index contributed by atoms with van der Waals surface area (Å²) in [5.41, 5.74) is 8.95. The number of ether oxygens (including phenoxy) is 1. The lowest BCUT2D eigenvalue weighted by molar-refractivity contribution is 0.331. The van der Waals surface area contributed by atoms with E-state index in [1.54, 1.807) is 6.07 Å². The molecule has 1 heterocycles. The van der Waals surface area contributed by atoms with Gasteiger partial charge in [0.2, 0.25) is 0 Å². The maximum atomic E-state index is 9.08. The molecule has 1 aliphatic heterocycles. The zero-order chi connectivity index (χ0) is 13.9. The Morgan fingerprint density at radius 1 is 1.20 bits per heavy atom. The van der Waals surface area contributed by atoms with Gasteiger partial charge >= 0.3 is 0 Å². The van der Waals surface area contributed by atoms with Gasteiger partial charge in [-0.3, -0.25) is 0 Å². The number of hydrogen-bond donors (Lipinski definition) is 1. The normalized spacial score (nSPS) is 13.8. The van der Waals surface area contributed by atoms with E-state index in [0.717, 1.165) is 30.1 Å². The van der Waals surface area contributed by atoms with E-state index in [1.165, 1.54) is 0 Å². The molecule has 3 rings (SSSR count). The summed E-state index contributed by atoms with van der Waals surface area (Å²) in [6.45, 7) is 2.18. The number of nitrogens with zero attached hydrogens (tertiary/aromatic N) is 2. The van der Waals surface area contributed by atoms with Crippen molar-refractivity contribution in [3.05, 3.63) is 53.6 Å². The molecule has 0 saturated carbocycles. The molecular formula is C16H15N3O. The average Bonchev–Trinajstić information content (AvgIpc) is 2.70. The molecule has 2 N–H and O–H groups in total. The molecule has 0 saturated heterocycles. The van der Waals surface area contributed by atoms with Crippen LogP contribution in [0.4, 0.5) is 11.4 Å². The van der Waals surface area contributed by atoms with Crippen molar-refractivity contribution in [1.29, 1.82) is 5.26 Å². The van der Waals surface area contributed by atoms with Crippen LogP contribution >= 0.6 is 0 Å².